The number of aromatic hydroxyl groups is 1. The molecule has 0 saturated carbocycles. The molecule has 0 fully saturated rings. The van der Waals surface area contributed by atoms with Gasteiger partial charge in [-0.05, 0) is 18.2 Å². The first-order valence-electron chi connectivity index (χ1n) is 5.75. The Labute approximate surface area is 117 Å². The summed E-state index contributed by atoms with van der Waals surface area (Å²) < 4.78 is 43.7. The number of nitrogens with one attached hydrogen (secondary N) is 1. The zero-order chi connectivity index (χ0) is 15.6. The minimum atomic E-state index is -1.62. The lowest BCUT2D eigenvalue weighted by Crippen LogP contribution is -2.12. The number of rotatable bonds is 3. The molecule has 0 radical (unpaired) electrons. The van der Waals surface area contributed by atoms with Gasteiger partial charge in [-0.3, -0.25) is 4.79 Å². The van der Waals surface area contributed by atoms with Gasteiger partial charge in [-0.25, -0.2) is 13.2 Å². The zero-order valence-corrected chi connectivity index (χ0v) is 10.8. The van der Waals surface area contributed by atoms with Gasteiger partial charge in [-0.1, -0.05) is 0 Å². The molecule has 0 aromatic heterocycles. The first-order valence-corrected chi connectivity index (χ1v) is 5.75. The molecule has 0 aliphatic heterocycles. The molecule has 0 bridgehead atoms. The lowest BCUT2D eigenvalue weighted by molar-refractivity contribution is 0.102. The third-order valence-electron chi connectivity index (χ3n) is 2.68. The Kier molecular flexibility index (Phi) is 4.02. The Bertz CT molecular complexity index is 681. The minimum Gasteiger partial charge on any atom is -0.504 e. The number of anilines is 1. The van der Waals surface area contributed by atoms with Crippen LogP contribution in [0.5, 0.6) is 11.5 Å². The Hall–Kier alpha value is -2.70. The highest BCUT2D eigenvalue weighted by Crippen LogP contribution is 2.26. The van der Waals surface area contributed by atoms with E-state index in [4.69, 9.17) is 4.74 Å². The number of carbonyl (C=O) groups excluding carboxylic acids is 1. The molecule has 0 heterocycles. The van der Waals surface area contributed by atoms with Crippen molar-refractivity contribution in [3.63, 3.8) is 0 Å². The molecular weight excluding hydrogens is 287 g/mol. The van der Waals surface area contributed by atoms with Crippen molar-refractivity contribution in [2.24, 2.45) is 0 Å². The maximum atomic E-state index is 13.0. The number of carbonyl (C=O) groups is 1. The summed E-state index contributed by atoms with van der Waals surface area (Å²) in [5, 5.41) is 11.8. The molecule has 1 amide bonds. The normalized spacial score (nSPS) is 10.3. The number of hydrogen-bond acceptors (Lipinski definition) is 3. The van der Waals surface area contributed by atoms with Gasteiger partial charge >= 0.3 is 0 Å². The smallest absolute Gasteiger partial charge is 0.255 e. The first kappa shape index (κ1) is 14.7. The summed E-state index contributed by atoms with van der Waals surface area (Å²) >= 11 is 0. The average molecular weight is 297 g/mol. The monoisotopic (exact) mass is 297 g/mol. The third-order valence-corrected chi connectivity index (χ3v) is 2.68. The van der Waals surface area contributed by atoms with Crippen LogP contribution in [0.1, 0.15) is 10.4 Å². The SMILES string of the molecule is COc1ccc(C(=O)Nc2cc(F)c(F)c(F)c2)cc1O. The Balaban J connectivity index is 2.24. The fraction of sp³-hybridized carbons (Fsp3) is 0.0714. The number of halogens is 3. The molecule has 2 rings (SSSR count). The quantitative estimate of drug-likeness (QED) is 0.856. The van der Waals surface area contributed by atoms with E-state index in [-0.39, 0.29) is 22.7 Å². The van der Waals surface area contributed by atoms with Crippen LogP contribution in [0.25, 0.3) is 0 Å². The van der Waals surface area contributed by atoms with Crippen molar-refractivity contribution in [3.05, 3.63) is 53.3 Å². The topological polar surface area (TPSA) is 58.6 Å². The van der Waals surface area contributed by atoms with Crippen molar-refractivity contribution in [1.29, 1.82) is 0 Å². The van der Waals surface area contributed by atoms with Gasteiger partial charge in [0, 0.05) is 23.4 Å². The van der Waals surface area contributed by atoms with Gasteiger partial charge in [0.2, 0.25) is 0 Å². The lowest BCUT2D eigenvalue weighted by atomic mass is 10.2. The second kappa shape index (κ2) is 5.74. The van der Waals surface area contributed by atoms with Crippen LogP contribution < -0.4 is 10.1 Å². The number of hydrogen-bond donors (Lipinski definition) is 2. The summed E-state index contributed by atoms with van der Waals surface area (Å²) in [4.78, 5) is 11.9. The van der Waals surface area contributed by atoms with Crippen molar-refractivity contribution in [3.8, 4) is 11.5 Å². The fourth-order valence-electron chi connectivity index (χ4n) is 1.66. The van der Waals surface area contributed by atoms with E-state index < -0.39 is 23.4 Å². The van der Waals surface area contributed by atoms with Gasteiger partial charge in [0.25, 0.3) is 5.91 Å². The molecule has 0 aliphatic carbocycles. The Morgan fingerprint density at radius 3 is 2.29 bits per heavy atom. The molecule has 110 valence electrons. The maximum absolute atomic E-state index is 13.0. The Morgan fingerprint density at radius 1 is 1.14 bits per heavy atom. The lowest BCUT2D eigenvalue weighted by Gasteiger charge is -2.08. The van der Waals surface area contributed by atoms with E-state index >= 15 is 0 Å². The standard InChI is InChI=1S/C14H10F3NO3/c1-21-12-3-2-7(4-11(12)19)14(20)18-8-5-9(15)13(17)10(16)6-8/h2-6,19H,1H3,(H,18,20). The highest BCUT2D eigenvalue weighted by molar-refractivity contribution is 6.04. The second-order valence-corrected chi connectivity index (χ2v) is 4.09. The van der Waals surface area contributed by atoms with E-state index in [2.05, 4.69) is 5.32 Å². The molecule has 0 spiro atoms. The van der Waals surface area contributed by atoms with Gasteiger partial charge in [0.1, 0.15) is 0 Å². The van der Waals surface area contributed by atoms with Crippen LogP contribution in [0.15, 0.2) is 30.3 Å². The highest BCUT2D eigenvalue weighted by Gasteiger charge is 2.14. The van der Waals surface area contributed by atoms with E-state index in [1.54, 1.807) is 0 Å². The van der Waals surface area contributed by atoms with E-state index in [9.17, 15) is 23.1 Å². The van der Waals surface area contributed by atoms with Crippen LogP contribution >= 0.6 is 0 Å². The van der Waals surface area contributed by atoms with E-state index in [1.165, 1.54) is 19.2 Å². The van der Waals surface area contributed by atoms with Gasteiger partial charge in [-0.2, -0.15) is 0 Å². The predicted octanol–water partition coefficient (Wildman–Crippen LogP) is 3.07. The molecule has 21 heavy (non-hydrogen) atoms. The predicted molar refractivity (Wildman–Crippen MR) is 68.9 cm³/mol. The summed E-state index contributed by atoms with van der Waals surface area (Å²) in [6.45, 7) is 0. The second-order valence-electron chi connectivity index (χ2n) is 4.09. The van der Waals surface area contributed by atoms with Crippen molar-refractivity contribution in [1.82, 2.24) is 0 Å². The van der Waals surface area contributed by atoms with Crippen LogP contribution in [0.3, 0.4) is 0 Å². The fourth-order valence-corrected chi connectivity index (χ4v) is 1.66. The highest BCUT2D eigenvalue weighted by atomic mass is 19.2. The molecule has 2 aromatic rings. The summed E-state index contributed by atoms with van der Waals surface area (Å²) in [5.41, 5.74) is -0.204. The molecule has 2 N–H and O–H groups in total. The molecular formula is C14H10F3NO3. The molecule has 4 nitrogen and oxygen atoms in total. The van der Waals surface area contributed by atoms with Crippen LogP contribution in [-0.2, 0) is 0 Å². The van der Waals surface area contributed by atoms with Gasteiger partial charge in [-0.15, -0.1) is 0 Å². The summed E-state index contributed by atoms with van der Waals surface area (Å²) in [5.74, 6) is -5.26. The molecule has 0 unspecified atom stereocenters. The summed E-state index contributed by atoms with van der Waals surface area (Å²) in [7, 11) is 1.35. The third kappa shape index (κ3) is 3.07. The molecule has 0 saturated heterocycles. The maximum Gasteiger partial charge on any atom is 0.255 e. The molecule has 0 aliphatic rings. The van der Waals surface area contributed by atoms with E-state index in [1.807, 2.05) is 0 Å². The van der Waals surface area contributed by atoms with Crippen molar-refractivity contribution in [2.45, 2.75) is 0 Å². The van der Waals surface area contributed by atoms with Crippen LogP contribution in [0, 0.1) is 17.5 Å². The number of benzene rings is 2. The first-order chi connectivity index (χ1) is 9.92. The summed E-state index contributed by atoms with van der Waals surface area (Å²) in [6.07, 6.45) is 0. The van der Waals surface area contributed by atoms with E-state index in [0.717, 1.165) is 6.07 Å². The van der Waals surface area contributed by atoms with Crippen LogP contribution in [0.4, 0.5) is 18.9 Å². The van der Waals surface area contributed by atoms with Gasteiger partial charge < -0.3 is 15.2 Å². The zero-order valence-electron chi connectivity index (χ0n) is 10.8. The molecule has 2 aromatic carbocycles. The van der Waals surface area contributed by atoms with Crippen LogP contribution in [0.2, 0.25) is 0 Å². The number of ether oxygens (including phenoxy) is 1. The van der Waals surface area contributed by atoms with Gasteiger partial charge in [0.15, 0.2) is 29.0 Å². The molecule has 7 heteroatoms. The van der Waals surface area contributed by atoms with Gasteiger partial charge in [0.05, 0.1) is 7.11 Å². The number of amides is 1. The minimum absolute atomic E-state index is 0.0402. The van der Waals surface area contributed by atoms with Crippen LogP contribution in [-0.4, -0.2) is 18.1 Å². The summed E-state index contributed by atoms with van der Waals surface area (Å²) in [6, 6.07) is 5.14. The van der Waals surface area contributed by atoms with E-state index in [0.29, 0.717) is 12.1 Å². The molecule has 0 atom stereocenters. The number of phenolic OH excluding ortho intramolecular Hbond substituents is 1. The average Bonchev–Trinajstić information content (AvgIpc) is 2.44. The Morgan fingerprint density at radius 2 is 1.76 bits per heavy atom. The van der Waals surface area contributed by atoms with Crippen molar-refractivity contribution in [2.75, 3.05) is 12.4 Å². The largest absolute Gasteiger partial charge is 0.504 e. The van der Waals surface area contributed by atoms with Crippen molar-refractivity contribution >= 4 is 11.6 Å². The van der Waals surface area contributed by atoms with Crippen molar-refractivity contribution < 1.29 is 27.8 Å². The number of phenols is 1. The number of methoxy groups -OCH3 is 1.